The first-order chi connectivity index (χ1) is 16.8. The van der Waals surface area contributed by atoms with Crippen molar-refractivity contribution >= 4 is 11.9 Å². The number of rotatable bonds is 12. The minimum Gasteiger partial charge on any atom is -0.494 e. The van der Waals surface area contributed by atoms with Crippen molar-refractivity contribution in [1.82, 2.24) is 5.32 Å². The van der Waals surface area contributed by atoms with E-state index >= 15 is 0 Å². The Hall–Kier alpha value is -3.28. The highest BCUT2D eigenvalue weighted by Gasteiger charge is 2.38. The number of hydrogen-bond donors (Lipinski definition) is 3. The molecule has 0 saturated heterocycles. The Balaban J connectivity index is 0.000000809. The van der Waals surface area contributed by atoms with Gasteiger partial charge in [-0.1, -0.05) is 30.3 Å². The SMILES string of the molecule is O=C(O)C(F)(F)F.O=C(O)CCNCCCc1ccc(OCCCc2cccc(C(F)(F)F)c2)cc1. The maximum absolute atomic E-state index is 12.7. The van der Waals surface area contributed by atoms with Crippen LogP contribution in [-0.2, 0) is 28.6 Å². The van der Waals surface area contributed by atoms with Crippen molar-refractivity contribution in [2.45, 2.75) is 44.5 Å². The molecule has 0 bridgehead atoms. The van der Waals surface area contributed by atoms with E-state index in [-0.39, 0.29) is 6.42 Å². The summed E-state index contributed by atoms with van der Waals surface area (Å²) < 4.78 is 75.6. The molecule has 2 rings (SSSR count). The lowest BCUT2D eigenvalue weighted by molar-refractivity contribution is -0.192. The molecule has 36 heavy (non-hydrogen) atoms. The number of ether oxygens (including phenoxy) is 1. The van der Waals surface area contributed by atoms with E-state index in [0.29, 0.717) is 31.6 Å². The summed E-state index contributed by atoms with van der Waals surface area (Å²) in [5.41, 5.74) is 1.20. The maximum Gasteiger partial charge on any atom is 0.490 e. The number of hydrogen-bond acceptors (Lipinski definition) is 4. The summed E-state index contributed by atoms with van der Waals surface area (Å²) in [4.78, 5) is 19.3. The van der Waals surface area contributed by atoms with Crippen LogP contribution in [0.5, 0.6) is 5.75 Å². The molecule has 0 aromatic heterocycles. The van der Waals surface area contributed by atoms with Gasteiger partial charge in [0.05, 0.1) is 18.6 Å². The number of carbonyl (C=O) groups is 2. The van der Waals surface area contributed by atoms with Crippen molar-refractivity contribution in [3.05, 3.63) is 65.2 Å². The summed E-state index contributed by atoms with van der Waals surface area (Å²) in [7, 11) is 0. The molecule has 0 aliphatic carbocycles. The van der Waals surface area contributed by atoms with Crippen molar-refractivity contribution in [2.75, 3.05) is 19.7 Å². The molecule has 0 aliphatic rings. The van der Waals surface area contributed by atoms with Gasteiger partial charge in [-0.25, -0.2) is 4.79 Å². The molecule has 2 aromatic carbocycles. The van der Waals surface area contributed by atoms with Crippen LogP contribution in [0.25, 0.3) is 0 Å². The van der Waals surface area contributed by atoms with Gasteiger partial charge in [-0.15, -0.1) is 0 Å². The van der Waals surface area contributed by atoms with Crippen LogP contribution in [0.4, 0.5) is 26.3 Å². The fourth-order valence-corrected chi connectivity index (χ4v) is 2.86. The Labute approximate surface area is 203 Å². The number of benzene rings is 2. The van der Waals surface area contributed by atoms with Gasteiger partial charge in [0.1, 0.15) is 5.75 Å². The largest absolute Gasteiger partial charge is 0.494 e. The second-order valence-corrected chi connectivity index (χ2v) is 7.59. The number of carboxylic acid groups (broad SMARTS) is 2. The van der Waals surface area contributed by atoms with Gasteiger partial charge in [0.2, 0.25) is 0 Å². The van der Waals surface area contributed by atoms with Crippen molar-refractivity contribution in [3.8, 4) is 5.75 Å². The number of carboxylic acids is 2. The number of alkyl halides is 6. The van der Waals surface area contributed by atoms with E-state index in [0.717, 1.165) is 31.2 Å². The van der Waals surface area contributed by atoms with Gasteiger partial charge < -0.3 is 20.3 Å². The molecule has 0 amide bonds. The zero-order valence-corrected chi connectivity index (χ0v) is 19.2. The minimum absolute atomic E-state index is 0.125. The molecule has 2 aromatic rings. The molecule has 12 heteroatoms. The Bertz CT molecular complexity index is 945. The summed E-state index contributed by atoms with van der Waals surface area (Å²) in [5, 5.41) is 18.8. The van der Waals surface area contributed by atoms with Gasteiger partial charge in [-0.2, -0.15) is 26.3 Å². The lowest BCUT2D eigenvalue weighted by Gasteiger charge is -2.10. The van der Waals surface area contributed by atoms with Crippen molar-refractivity contribution in [3.63, 3.8) is 0 Å². The summed E-state index contributed by atoms with van der Waals surface area (Å²) in [6.07, 6.45) is -6.32. The van der Waals surface area contributed by atoms with Crippen molar-refractivity contribution in [2.24, 2.45) is 0 Å². The standard InChI is InChI=1S/C22H26F3NO3.C2HF3O2/c23-22(24,25)19-7-1-4-18(16-19)6-3-15-29-20-10-8-17(9-11-20)5-2-13-26-14-12-21(27)28;3-2(4,5)1(6)7/h1,4,7-11,16,26H,2-3,5-6,12-15H2,(H,27,28);(H,6,7). The highest BCUT2D eigenvalue weighted by atomic mass is 19.4. The van der Waals surface area contributed by atoms with Crippen LogP contribution in [0.15, 0.2) is 48.5 Å². The van der Waals surface area contributed by atoms with Gasteiger partial charge in [0.15, 0.2) is 0 Å². The first kappa shape index (κ1) is 30.8. The van der Waals surface area contributed by atoms with E-state index in [1.54, 1.807) is 6.07 Å². The van der Waals surface area contributed by atoms with Gasteiger partial charge >= 0.3 is 24.3 Å². The Morgan fingerprint density at radius 1 is 0.833 bits per heavy atom. The van der Waals surface area contributed by atoms with Gasteiger partial charge in [0.25, 0.3) is 0 Å². The third kappa shape index (κ3) is 13.6. The molecule has 0 heterocycles. The topological polar surface area (TPSA) is 95.9 Å². The van der Waals surface area contributed by atoms with Gasteiger partial charge in [0, 0.05) is 6.54 Å². The van der Waals surface area contributed by atoms with Crippen LogP contribution in [0, 0.1) is 0 Å². The fourth-order valence-electron chi connectivity index (χ4n) is 2.86. The zero-order valence-electron chi connectivity index (χ0n) is 19.2. The van der Waals surface area contributed by atoms with E-state index in [9.17, 15) is 31.1 Å². The third-order valence-corrected chi connectivity index (χ3v) is 4.63. The molecule has 0 radical (unpaired) electrons. The first-order valence-electron chi connectivity index (χ1n) is 10.9. The average Bonchev–Trinajstić information content (AvgIpc) is 2.79. The number of halogens is 6. The van der Waals surface area contributed by atoms with Crippen LogP contribution in [0.2, 0.25) is 0 Å². The Morgan fingerprint density at radius 3 is 2.00 bits per heavy atom. The highest BCUT2D eigenvalue weighted by molar-refractivity contribution is 5.73. The number of aliphatic carboxylic acids is 2. The zero-order chi connectivity index (χ0) is 27.2. The van der Waals surface area contributed by atoms with Crippen LogP contribution >= 0.6 is 0 Å². The van der Waals surface area contributed by atoms with Crippen LogP contribution in [-0.4, -0.2) is 48.0 Å². The fraction of sp³-hybridized carbons (Fsp3) is 0.417. The molecule has 3 N–H and O–H groups in total. The molecule has 6 nitrogen and oxygen atoms in total. The van der Waals surface area contributed by atoms with E-state index in [1.807, 2.05) is 24.3 Å². The monoisotopic (exact) mass is 523 g/mol. The molecule has 0 unspecified atom stereocenters. The third-order valence-electron chi connectivity index (χ3n) is 4.63. The van der Waals surface area contributed by atoms with E-state index in [4.69, 9.17) is 19.7 Å². The average molecular weight is 523 g/mol. The van der Waals surface area contributed by atoms with E-state index in [2.05, 4.69) is 5.32 Å². The molecule has 0 aliphatic heterocycles. The Morgan fingerprint density at radius 2 is 1.44 bits per heavy atom. The van der Waals surface area contributed by atoms with Gasteiger partial charge in [-0.05, 0) is 61.6 Å². The summed E-state index contributed by atoms with van der Waals surface area (Å²) in [6, 6.07) is 13.1. The highest BCUT2D eigenvalue weighted by Crippen LogP contribution is 2.29. The quantitative estimate of drug-likeness (QED) is 0.257. The van der Waals surface area contributed by atoms with Gasteiger partial charge in [-0.3, -0.25) is 4.79 Å². The molecule has 0 atom stereocenters. The smallest absolute Gasteiger partial charge is 0.490 e. The predicted octanol–water partition coefficient (Wildman–Crippen LogP) is 5.35. The number of aryl methyl sites for hydroxylation is 2. The lowest BCUT2D eigenvalue weighted by atomic mass is 10.1. The van der Waals surface area contributed by atoms with Crippen LogP contribution in [0.1, 0.15) is 36.0 Å². The van der Waals surface area contributed by atoms with Crippen molar-refractivity contribution in [1.29, 1.82) is 0 Å². The summed E-state index contributed by atoms with van der Waals surface area (Å²) in [5.74, 6) is -2.83. The van der Waals surface area contributed by atoms with Crippen molar-refractivity contribution < 1.29 is 50.9 Å². The Kier molecular flexibility index (Phi) is 12.8. The molecule has 0 spiro atoms. The maximum atomic E-state index is 12.7. The minimum atomic E-state index is -5.08. The second-order valence-electron chi connectivity index (χ2n) is 7.59. The van der Waals surface area contributed by atoms with Crippen LogP contribution < -0.4 is 10.1 Å². The molecule has 0 fully saturated rings. The second kappa shape index (κ2) is 15.0. The van der Waals surface area contributed by atoms with E-state index < -0.39 is 29.9 Å². The molecular formula is C24H27F6NO5. The first-order valence-corrected chi connectivity index (χ1v) is 10.9. The van der Waals surface area contributed by atoms with E-state index in [1.165, 1.54) is 17.7 Å². The molecular weight excluding hydrogens is 496 g/mol. The normalized spacial score (nSPS) is 11.4. The number of nitrogens with one attached hydrogen (secondary N) is 1. The summed E-state index contributed by atoms with van der Waals surface area (Å²) in [6.45, 7) is 1.67. The summed E-state index contributed by atoms with van der Waals surface area (Å²) >= 11 is 0. The lowest BCUT2D eigenvalue weighted by Crippen LogP contribution is -2.21. The predicted molar refractivity (Wildman–Crippen MR) is 119 cm³/mol. The molecule has 200 valence electrons. The van der Waals surface area contributed by atoms with Crippen LogP contribution in [0.3, 0.4) is 0 Å². The molecule has 0 saturated carbocycles.